The molecule has 1 atom stereocenters. The molecule has 0 bridgehead atoms. The SMILES string of the molecule is CCCn1nccc1C(O)COCC(F)(F)F. The molecule has 0 radical (unpaired) electrons. The van der Waals surface area contributed by atoms with Gasteiger partial charge in [-0.3, -0.25) is 4.68 Å². The summed E-state index contributed by atoms with van der Waals surface area (Å²) in [5.74, 6) is 0. The Labute approximate surface area is 97.0 Å². The van der Waals surface area contributed by atoms with Crippen molar-refractivity contribution in [2.45, 2.75) is 32.2 Å². The van der Waals surface area contributed by atoms with Gasteiger partial charge in [0.25, 0.3) is 0 Å². The number of ether oxygens (including phenoxy) is 1. The first-order valence-electron chi connectivity index (χ1n) is 5.28. The van der Waals surface area contributed by atoms with Crippen LogP contribution < -0.4 is 0 Å². The first-order chi connectivity index (χ1) is 7.94. The molecule has 1 aromatic rings. The number of nitrogens with zero attached hydrogens (tertiary/aromatic N) is 2. The molecule has 0 saturated heterocycles. The Kier molecular flexibility index (Phi) is 4.95. The zero-order valence-electron chi connectivity index (χ0n) is 9.44. The lowest BCUT2D eigenvalue weighted by atomic mass is 10.2. The highest BCUT2D eigenvalue weighted by Gasteiger charge is 2.28. The number of halogens is 3. The minimum absolute atomic E-state index is 0.394. The van der Waals surface area contributed by atoms with Crippen molar-refractivity contribution in [2.24, 2.45) is 0 Å². The van der Waals surface area contributed by atoms with Gasteiger partial charge in [-0.05, 0) is 12.5 Å². The lowest BCUT2D eigenvalue weighted by Gasteiger charge is -2.14. The van der Waals surface area contributed by atoms with Gasteiger partial charge in [0.2, 0.25) is 0 Å². The zero-order chi connectivity index (χ0) is 12.9. The van der Waals surface area contributed by atoms with E-state index < -0.39 is 25.5 Å². The fourth-order valence-electron chi connectivity index (χ4n) is 1.40. The van der Waals surface area contributed by atoms with Crippen molar-refractivity contribution >= 4 is 0 Å². The van der Waals surface area contributed by atoms with E-state index in [-0.39, 0.29) is 0 Å². The number of rotatable bonds is 6. The van der Waals surface area contributed by atoms with Crippen molar-refractivity contribution in [3.63, 3.8) is 0 Å². The molecule has 0 aliphatic heterocycles. The fourth-order valence-corrected chi connectivity index (χ4v) is 1.40. The van der Waals surface area contributed by atoms with Crippen LogP contribution in [0.25, 0.3) is 0 Å². The Morgan fingerprint density at radius 2 is 2.24 bits per heavy atom. The first-order valence-corrected chi connectivity index (χ1v) is 5.28. The van der Waals surface area contributed by atoms with Crippen molar-refractivity contribution in [1.29, 1.82) is 0 Å². The topological polar surface area (TPSA) is 47.3 Å². The second kappa shape index (κ2) is 6.02. The van der Waals surface area contributed by atoms with E-state index >= 15 is 0 Å². The molecule has 7 heteroatoms. The van der Waals surface area contributed by atoms with Crippen molar-refractivity contribution in [1.82, 2.24) is 9.78 Å². The van der Waals surface area contributed by atoms with E-state index in [1.165, 1.54) is 6.20 Å². The van der Waals surface area contributed by atoms with Gasteiger partial charge in [0.05, 0.1) is 12.3 Å². The van der Waals surface area contributed by atoms with E-state index in [2.05, 4.69) is 9.84 Å². The Hall–Kier alpha value is -1.08. The highest BCUT2D eigenvalue weighted by molar-refractivity contribution is 5.04. The predicted molar refractivity (Wildman–Crippen MR) is 54.4 cm³/mol. The van der Waals surface area contributed by atoms with Crippen LogP contribution >= 0.6 is 0 Å². The molecule has 0 aliphatic carbocycles. The molecule has 4 nitrogen and oxygen atoms in total. The second-order valence-corrected chi connectivity index (χ2v) is 3.63. The molecule has 1 rings (SSSR count). The molecular weight excluding hydrogens is 237 g/mol. The van der Waals surface area contributed by atoms with Gasteiger partial charge in [-0.25, -0.2) is 0 Å². The third kappa shape index (κ3) is 4.74. The van der Waals surface area contributed by atoms with Crippen LogP contribution in [0.3, 0.4) is 0 Å². The Bertz CT molecular complexity index is 339. The molecule has 1 aromatic heterocycles. The summed E-state index contributed by atoms with van der Waals surface area (Å²) in [6, 6.07) is 1.57. The third-order valence-electron chi connectivity index (χ3n) is 2.07. The highest BCUT2D eigenvalue weighted by atomic mass is 19.4. The lowest BCUT2D eigenvalue weighted by Crippen LogP contribution is -2.21. The van der Waals surface area contributed by atoms with E-state index in [1.807, 2.05) is 6.92 Å². The number of hydrogen-bond acceptors (Lipinski definition) is 3. The van der Waals surface area contributed by atoms with Crippen LogP contribution in [0, 0.1) is 0 Å². The molecule has 0 saturated carbocycles. The minimum atomic E-state index is -4.37. The minimum Gasteiger partial charge on any atom is -0.384 e. The maximum absolute atomic E-state index is 11.8. The normalized spacial score (nSPS) is 13.9. The van der Waals surface area contributed by atoms with Crippen molar-refractivity contribution in [3.05, 3.63) is 18.0 Å². The molecule has 1 unspecified atom stereocenters. The van der Waals surface area contributed by atoms with Gasteiger partial charge in [0, 0.05) is 12.7 Å². The predicted octanol–water partition coefficient (Wildman–Crippen LogP) is 1.91. The molecular formula is C10H15F3N2O2. The van der Waals surface area contributed by atoms with Crippen LogP contribution in [0.2, 0.25) is 0 Å². The van der Waals surface area contributed by atoms with Gasteiger partial charge >= 0.3 is 6.18 Å². The van der Waals surface area contributed by atoms with Gasteiger partial charge in [-0.2, -0.15) is 18.3 Å². The molecule has 0 amide bonds. The Morgan fingerprint density at radius 1 is 1.53 bits per heavy atom. The number of aromatic nitrogens is 2. The molecule has 1 N–H and O–H groups in total. The molecule has 0 aromatic carbocycles. The average molecular weight is 252 g/mol. The summed E-state index contributed by atoms with van der Waals surface area (Å²) < 4.78 is 41.4. The van der Waals surface area contributed by atoms with Gasteiger partial charge in [0.15, 0.2) is 0 Å². The number of aliphatic hydroxyl groups is 1. The summed E-state index contributed by atoms with van der Waals surface area (Å²) in [5.41, 5.74) is 0.467. The summed E-state index contributed by atoms with van der Waals surface area (Å²) >= 11 is 0. The molecule has 0 aliphatic rings. The van der Waals surface area contributed by atoms with E-state index in [0.29, 0.717) is 12.2 Å². The molecule has 0 fully saturated rings. The van der Waals surface area contributed by atoms with E-state index in [0.717, 1.165) is 6.42 Å². The van der Waals surface area contributed by atoms with Crippen molar-refractivity contribution in [2.75, 3.05) is 13.2 Å². The largest absolute Gasteiger partial charge is 0.411 e. The summed E-state index contributed by atoms with van der Waals surface area (Å²) in [6.45, 7) is 0.803. The summed E-state index contributed by atoms with van der Waals surface area (Å²) in [7, 11) is 0. The van der Waals surface area contributed by atoms with Crippen molar-refractivity contribution < 1.29 is 23.0 Å². The maximum Gasteiger partial charge on any atom is 0.411 e. The quantitative estimate of drug-likeness (QED) is 0.841. The van der Waals surface area contributed by atoms with Crippen LogP contribution in [0.4, 0.5) is 13.2 Å². The van der Waals surface area contributed by atoms with Crippen LogP contribution in [0.1, 0.15) is 25.1 Å². The monoisotopic (exact) mass is 252 g/mol. The Balaban J connectivity index is 2.46. The summed E-state index contributed by atoms with van der Waals surface area (Å²) in [4.78, 5) is 0. The van der Waals surface area contributed by atoms with Gasteiger partial charge < -0.3 is 9.84 Å². The summed E-state index contributed by atoms with van der Waals surface area (Å²) in [5, 5.41) is 13.6. The smallest absolute Gasteiger partial charge is 0.384 e. The van der Waals surface area contributed by atoms with Gasteiger partial charge in [-0.1, -0.05) is 6.92 Å². The lowest BCUT2D eigenvalue weighted by molar-refractivity contribution is -0.179. The standard InChI is InChI=1S/C10H15F3N2O2/c1-2-5-15-8(3-4-14-15)9(16)6-17-7-10(11,12)13/h3-4,9,16H,2,5-7H2,1H3. The third-order valence-corrected chi connectivity index (χ3v) is 2.07. The fraction of sp³-hybridized carbons (Fsp3) is 0.700. The molecule has 1 heterocycles. The highest BCUT2D eigenvalue weighted by Crippen LogP contribution is 2.17. The van der Waals surface area contributed by atoms with Gasteiger partial charge in [0.1, 0.15) is 12.7 Å². The maximum atomic E-state index is 11.8. The molecule has 0 spiro atoms. The molecule has 98 valence electrons. The molecule has 17 heavy (non-hydrogen) atoms. The number of alkyl halides is 3. The summed E-state index contributed by atoms with van der Waals surface area (Å²) in [6.07, 6.45) is -3.14. The van der Waals surface area contributed by atoms with E-state index in [1.54, 1.807) is 10.7 Å². The Morgan fingerprint density at radius 3 is 2.82 bits per heavy atom. The average Bonchev–Trinajstić information content (AvgIpc) is 2.64. The van der Waals surface area contributed by atoms with Gasteiger partial charge in [-0.15, -0.1) is 0 Å². The number of aliphatic hydroxyl groups excluding tert-OH is 1. The first kappa shape index (κ1) is 14.0. The van der Waals surface area contributed by atoms with Crippen molar-refractivity contribution in [3.8, 4) is 0 Å². The number of hydrogen-bond donors (Lipinski definition) is 1. The van der Waals surface area contributed by atoms with Crippen LogP contribution in [-0.4, -0.2) is 34.3 Å². The van der Waals surface area contributed by atoms with Crippen LogP contribution in [0.15, 0.2) is 12.3 Å². The van der Waals surface area contributed by atoms with Crippen LogP contribution in [0.5, 0.6) is 0 Å². The second-order valence-electron chi connectivity index (χ2n) is 3.63. The van der Waals surface area contributed by atoms with Crippen LogP contribution in [-0.2, 0) is 11.3 Å². The van der Waals surface area contributed by atoms with E-state index in [4.69, 9.17) is 0 Å². The van der Waals surface area contributed by atoms with E-state index in [9.17, 15) is 18.3 Å². The number of aryl methyl sites for hydroxylation is 1. The zero-order valence-corrected chi connectivity index (χ0v) is 9.44.